The predicted octanol–water partition coefficient (Wildman–Crippen LogP) is 2.81. The van der Waals surface area contributed by atoms with Crippen LogP contribution in [0.25, 0.3) is 0 Å². The van der Waals surface area contributed by atoms with Crippen LogP contribution in [-0.4, -0.2) is 33.5 Å². The van der Waals surface area contributed by atoms with E-state index in [1.54, 1.807) is 54.6 Å². The predicted molar refractivity (Wildman–Crippen MR) is 109 cm³/mol. The summed E-state index contributed by atoms with van der Waals surface area (Å²) in [5.74, 6) is 0.130. The first kappa shape index (κ1) is 21.4. The highest BCUT2D eigenvalue weighted by Crippen LogP contribution is 2.18. The van der Waals surface area contributed by atoms with Crippen molar-refractivity contribution in [3.05, 3.63) is 65.7 Å². The van der Waals surface area contributed by atoms with Gasteiger partial charge in [0.05, 0.1) is 10.6 Å². The van der Waals surface area contributed by atoms with Crippen LogP contribution in [-0.2, 0) is 15.6 Å². The number of nitrogens with one attached hydrogen (secondary N) is 2. The summed E-state index contributed by atoms with van der Waals surface area (Å²) in [5.41, 5.74) is 1.10. The number of rotatable bonds is 5. The Balaban J connectivity index is 0.00000261. The van der Waals surface area contributed by atoms with E-state index in [2.05, 4.69) is 17.6 Å². The molecule has 2 atom stereocenters. The molecule has 0 saturated carbocycles. The quantitative estimate of drug-likeness (QED) is 0.797. The Kier molecular flexibility index (Phi) is 7.41. The maximum absolute atomic E-state index is 12.6. The molecule has 2 aromatic carbocycles. The van der Waals surface area contributed by atoms with Crippen molar-refractivity contribution < 1.29 is 13.2 Å². The van der Waals surface area contributed by atoms with E-state index in [-0.39, 0.29) is 35.0 Å². The molecule has 1 aliphatic heterocycles. The van der Waals surface area contributed by atoms with Crippen LogP contribution in [0.2, 0.25) is 0 Å². The van der Waals surface area contributed by atoms with Crippen molar-refractivity contribution in [1.29, 1.82) is 0 Å². The minimum absolute atomic E-state index is 0. The number of hydrogen-bond donors (Lipinski definition) is 2. The van der Waals surface area contributed by atoms with Crippen molar-refractivity contribution in [2.45, 2.75) is 30.0 Å². The summed E-state index contributed by atoms with van der Waals surface area (Å²) < 4.78 is 25.1. The van der Waals surface area contributed by atoms with Crippen molar-refractivity contribution >= 4 is 28.2 Å². The van der Waals surface area contributed by atoms with Gasteiger partial charge in [0.25, 0.3) is 5.91 Å². The lowest BCUT2D eigenvalue weighted by molar-refractivity contribution is 0.0915. The lowest BCUT2D eigenvalue weighted by Crippen LogP contribution is -2.50. The number of carbonyl (C=O) groups excluding carboxylic acids is 1. The van der Waals surface area contributed by atoms with Crippen LogP contribution in [0.5, 0.6) is 0 Å². The fourth-order valence-corrected chi connectivity index (χ4v) is 4.52. The number of hydrogen-bond acceptors (Lipinski definition) is 4. The maximum Gasteiger partial charge on any atom is 0.251 e. The molecule has 3 rings (SSSR count). The summed E-state index contributed by atoms with van der Waals surface area (Å²) in [6.07, 6.45) is 1.03. The smallest absolute Gasteiger partial charge is 0.251 e. The number of sulfone groups is 1. The van der Waals surface area contributed by atoms with Gasteiger partial charge in [0.15, 0.2) is 9.84 Å². The first-order valence-corrected chi connectivity index (χ1v) is 10.5. The number of amides is 1. The summed E-state index contributed by atoms with van der Waals surface area (Å²) in [5, 5.41) is 6.34. The fraction of sp³-hybridized carbons (Fsp3) is 0.350. The van der Waals surface area contributed by atoms with Crippen molar-refractivity contribution in [3.63, 3.8) is 0 Å². The van der Waals surface area contributed by atoms with Gasteiger partial charge in [0, 0.05) is 18.2 Å². The molecule has 0 bridgehead atoms. The van der Waals surface area contributed by atoms with Gasteiger partial charge in [-0.1, -0.05) is 37.3 Å². The van der Waals surface area contributed by atoms with E-state index in [9.17, 15) is 13.2 Å². The van der Waals surface area contributed by atoms with E-state index < -0.39 is 9.84 Å². The average molecular weight is 409 g/mol. The highest BCUT2D eigenvalue weighted by molar-refractivity contribution is 7.90. The number of benzene rings is 2. The summed E-state index contributed by atoms with van der Waals surface area (Å²) in [7, 11) is -3.43. The molecule has 0 radical (unpaired) electrons. The molecule has 2 N–H and O–H groups in total. The van der Waals surface area contributed by atoms with Gasteiger partial charge < -0.3 is 10.6 Å². The van der Waals surface area contributed by atoms with Crippen molar-refractivity contribution in [1.82, 2.24) is 10.6 Å². The van der Waals surface area contributed by atoms with Gasteiger partial charge >= 0.3 is 0 Å². The molecule has 1 fully saturated rings. The van der Waals surface area contributed by atoms with E-state index >= 15 is 0 Å². The van der Waals surface area contributed by atoms with Crippen LogP contribution < -0.4 is 10.6 Å². The second-order valence-electron chi connectivity index (χ2n) is 6.82. The Morgan fingerprint density at radius 1 is 1.15 bits per heavy atom. The summed E-state index contributed by atoms with van der Waals surface area (Å²) in [4.78, 5) is 12.8. The molecule has 146 valence electrons. The Morgan fingerprint density at radius 3 is 2.59 bits per heavy atom. The van der Waals surface area contributed by atoms with E-state index in [0.717, 1.165) is 19.5 Å². The lowest BCUT2D eigenvalue weighted by atomic mass is 9.94. The topological polar surface area (TPSA) is 75.3 Å². The Labute approximate surface area is 166 Å². The highest BCUT2D eigenvalue weighted by atomic mass is 35.5. The van der Waals surface area contributed by atoms with Gasteiger partial charge in [-0.3, -0.25) is 4.79 Å². The summed E-state index contributed by atoms with van der Waals surface area (Å²) in [6, 6.07) is 15.3. The largest absolute Gasteiger partial charge is 0.348 e. The van der Waals surface area contributed by atoms with Crippen LogP contribution in [0, 0.1) is 5.92 Å². The first-order chi connectivity index (χ1) is 12.5. The standard InChI is InChI=1S/C20H24N2O3S.ClH/c1-15-10-11-21-13-19(15)22-20(23)17-7-5-6-16(12-17)14-26(24,25)18-8-3-2-4-9-18;/h2-9,12,15,19,21H,10-11,13-14H2,1H3,(H,22,23);1H. The molecule has 1 amide bonds. The summed E-state index contributed by atoms with van der Waals surface area (Å²) >= 11 is 0. The molecule has 7 heteroatoms. The zero-order valence-corrected chi connectivity index (χ0v) is 16.9. The Hall–Kier alpha value is -1.89. The van der Waals surface area contributed by atoms with Crippen LogP contribution >= 0.6 is 12.4 Å². The van der Waals surface area contributed by atoms with Gasteiger partial charge in [0.1, 0.15) is 0 Å². The molecule has 0 spiro atoms. The van der Waals surface area contributed by atoms with Crippen molar-refractivity contribution in [2.24, 2.45) is 5.92 Å². The summed E-state index contributed by atoms with van der Waals surface area (Å²) in [6.45, 7) is 3.87. The molecule has 1 saturated heterocycles. The van der Waals surface area contributed by atoms with Crippen LogP contribution in [0.15, 0.2) is 59.5 Å². The maximum atomic E-state index is 12.6. The van der Waals surface area contributed by atoms with Gasteiger partial charge in [-0.2, -0.15) is 0 Å². The minimum atomic E-state index is -3.43. The monoisotopic (exact) mass is 408 g/mol. The average Bonchev–Trinajstić information content (AvgIpc) is 2.64. The van der Waals surface area contributed by atoms with E-state index in [0.29, 0.717) is 17.0 Å². The molecule has 5 nitrogen and oxygen atoms in total. The number of halogens is 1. The second kappa shape index (κ2) is 9.35. The first-order valence-electron chi connectivity index (χ1n) is 8.84. The van der Waals surface area contributed by atoms with E-state index in [1.807, 2.05) is 0 Å². The molecule has 1 aliphatic rings. The van der Waals surface area contributed by atoms with Crippen molar-refractivity contribution in [2.75, 3.05) is 13.1 Å². The molecule has 2 unspecified atom stereocenters. The number of piperidine rings is 1. The molecule has 1 heterocycles. The molecule has 0 aromatic heterocycles. The molecular weight excluding hydrogens is 384 g/mol. The lowest BCUT2D eigenvalue weighted by Gasteiger charge is -2.30. The van der Waals surface area contributed by atoms with Gasteiger partial charge in [-0.25, -0.2) is 8.42 Å². The molecule has 27 heavy (non-hydrogen) atoms. The van der Waals surface area contributed by atoms with Crippen LogP contribution in [0.4, 0.5) is 0 Å². The van der Waals surface area contributed by atoms with Gasteiger partial charge in [-0.05, 0) is 48.7 Å². The fourth-order valence-electron chi connectivity index (χ4n) is 3.17. The minimum Gasteiger partial charge on any atom is -0.348 e. The third-order valence-electron chi connectivity index (χ3n) is 4.79. The zero-order valence-electron chi connectivity index (χ0n) is 15.2. The highest BCUT2D eigenvalue weighted by Gasteiger charge is 2.23. The van der Waals surface area contributed by atoms with Crippen LogP contribution in [0.1, 0.15) is 29.3 Å². The molecule has 2 aromatic rings. The van der Waals surface area contributed by atoms with E-state index in [4.69, 9.17) is 0 Å². The van der Waals surface area contributed by atoms with Gasteiger partial charge in [0.2, 0.25) is 0 Å². The Morgan fingerprint density at radius 2 is 1.89 bits per heavy atom. The third kappa shape index (κ3) is 5.54. The Bertz CT molecular complexity index is 872. The van der Waals surface area contributed by atoms with Gasteiger partial charge in [-0.15, -0.1) is 12.4 Å². The second-order valence-corrected chi connectivity index (χ2v) is 8.81. The molecular formula is C20H25ClN2O3S. The number of carbonyl (C=O) groups is 1. The van der Waals surface area contributed by atoms with E-state index in [1.165, 1.54) is 0 Å². The normalized spacial score (nSPS) is 19.7. The van der Waals surface area contributed by atoms with Crippen molar-refractivity contribution in [3.8, 4) is 0 Å². The third-order valence-corrected chi connectivity index (χ3v) is 6.50. The zero-order chi connectivity index (χ0) is 18.6. The van der Waals surface area contributed by atoms with Crippen LogP contribution in [0.3, 0.4) is 0 Å². The molecule has 0 aliphatic carbocycles. The SMILES string of the molecule is CC1CCNCC1NC(=O)c1cccc(CS(=O)(=O)c2ccccc2)c1.Cl.